The van der Waals surface area contributed by atoms with Gasteiger partial charge in [-0.1, -0.05) is 12.1 Å². The lowest BCUT2D eigenvalue weighted by atomic mass is 10.2. The van der Waals surface area contributed by atoms with Crippen molar-refractivity contribution in [3.63, 3.8) is 0 Å². The number of benzene rings is 1. The minimum atomic E-state index is -0.214. The smallest absolute Gasteiger partial charge is 0.191 e. The second kappa shape index (κ2) is 11.1. The van der Waals surface area contributed by atoms with E-state index in [-0.39, 0.29) is 5.82 Å². The second-order valence-corrected chi connectivity index (χ2v) is 6.60. The third kappa shape index (κ3) is 7.84. The molecular weight excluding hydrogens is 317 g/mol. The SMILES string of the molecule is CCNC(=NCc1cccc(F)c1)NCCCN1CCCN(C)CC1. The molecule has 0 atom stereocenters. The van der Waals surface area contributed by atoms with Crippen LogP contribution in [0.1, 0.15) is 25.3 Å². The van der Waals surface area contributed by atoms with E-state index in [2.05, 4.69) is 32.5 Å². The van der Waals surface area contributed by atoms with Crippen LogP contribution < -0.4 is 10.6 Å². The first kappa shape index (κ1) is 19.7. The van der Waals surface area contributed by atoms with Gasteiger partial charge in [0.15, 0.2) is 5.96 Å². The lowest BCUT2D eigenvalue weighted by molar-refractivity contribution is 0.274. The van der Waals surface area contributed by atoms with Crippen molar-refractivity contribution in [3.8, 4) is 0 Å². The summed E-state index contributed by atoms with van der Waals surface area (Å²) in [5.41, 5.74) is 0.880. The van der Waals surface area contributed by atoms with E-state index < -0.39 is 0 Å². The van der Waals surface area contributed by atoms with Gasteiger partial charge in [0.1, 0.15) is 5.82 Å². The summed E-state index contributed by atoms with van der Waals surface area (Å²) in [5, 5.41) is 6.62. The van der Waals surface area contributed by atoms with Crippen molar-refractivity contribution in [1.29, 1.82) is 0 Å². The Labute approximate surface area is 151 Å². The second-order valence-electron chi connectivity index (χ2n) is 6.60. The van der Waals surface area contributed by atoms with E-state index in [9.17, 15) is 4.39 Å². The quantitative estimate of drug-likeness (QED) is 0.448. The molecule has 5 nitrogen and oxygen atoms in total. The third-order valence-electron chi connectivity index (χ3n) is 4.41. The van der Waals surface area contributed by atoms with Crippen molar-refractivity contribution in [2.45, 2.75) is 26.3 Å². The van der Waals surface area contributed by atoms with Gasteiger partial charge in [0, 0.05) is 26.2 Å². The first-order valence-corrected chi connectivity index (χ1v) is 9.35. The molecule has 2 N–H and O–H groups in total. The molecule has 0 aliphatic carbocycles. The summed E-state index contributed by atoms with van der Waals surface area (Å²) in [7, 11) is 2.20. The van der Waals surface area contributed by atoms with Crippen LogP contribution in [0, 0.1) is 5.82 Å². The molecule has 140 valence electrons. The highest BCUT2D eigenvalue weighted by Gasteiger charge is 2.11. The van der Waals surface area contributed by atoms with Gasteiger partial charge in [0.25, 0.3) is 0 Å². The summed E-state index contributed by atoms with van der Waals surface area (Å²) in [6.07, 6.45) is 2.34. The molecule has 1 aliphatic heterocycles. The highest BCUT2D eigenvalue weighted by atomic mass is 19.1. The molecule has 0 unspecified atom stereocenters. The summed E-state index contributed by atoms with van der Waals surface area (Å²) < 4.78 is 13.2. The Kier molecular flexibility index (Phi) is 8.69. The summed E-state index contributed by atoms with van der Waals surface area (Å²) in [5.74, 6) is 0.580. The zero-order chi connectivity index (χ0) is 17.9. The van der Waals surface area contributed by atoms with Crippen LogP contribution in [0.4, 0.5) is 4.39 Å². The molecule has 2 rings (SSSR count). The molecule has 25 heavy (non-hydrogen) atoms. The minimum Gasteiger partial charge on any atom is -0.357 e. The van der Waals surface area contributed by atoms with Crippen LogP contribution in [0.2, 0.25) is 0 Å². The maximum Gasteiger partial charge on any atom is 0.191 e. The summed E-state index contributed by atoms with van der Waals surface area (Å²) in [6, 6.07) is 6.60. The van der Waals surface area contributed by atoms with Crippen molar-refractivity contribution >= 4 is 5.96 Å². The lowest BCUT2D eigenvalue weighted by Gasteiger charge is -2.20. The molecule has 0 amide bonds. The van der Waals surface area contributed by atoms with Crippen molar-refractivity contribution in [2.75, 3.05) is 52.9 Å². The van der Waals surface area contributed by atoms with Crippen LogP contribution in [-0.2, 0) is 6.54 Å². The Balaban J connectivity index is 1.72. The molecule has 6 heteroatoms. The molecular formula is C19H32FN5. The Morgan fingerprint density at radius 1 is 1.20 bits per heavy atom. The van der Waals surface area contributed by atoms with Gasteiger partial charge < -0.3 is 20.4 Å². The zero-order valence-electron chi connectivity index (χ0n) is 15.6. The van der Waals surface area contributed by atoms with Gasteiger partial charge in [-0.3, -0.25) is 0 Å². The molecule has 1 saturated heterocycles. The molecule has 1 aliphatic rings. The van der Waals surface area contributed by atoms with Gasteiger partial charge in [-0.05, 0) is 64.1 Å². The Bertz CT molecular complexity index is 534. The third-order valence-corrected chi connectivity index (χ3v) is 4.41. The van der Waals surface area contributed by atoms with E-state index in [1.54, 1.807) is 6.07 Å². The number of hydrogen-bond donors (Lipinski definition) is 2. The zero-order valence-corrected chi connectivity index (χ0v) is 15.6. The van der Waals surface area contributed by atoms with E-state index in [0.717, 1.165) is 50.7 Å². The van der Waals surface area contributed by atoms with Crippen LogP contribution in [0.3, 0.4) is 0 Å². The van der Waals surface area contributed by atoms with Gasteiger partial charge in [-0.25, -0.2) is 9.38 Å². The maximum absolute atomic E-state index is 13.2. The number of hydrogen-bond acceptors (Lipinski definition) is 3. The largest absolute Gasteiger partial charge is 0.357 e. The van der Waals surface area contributed by atoms with Gasteiger partial charge >= 0.3 is 0 Å². The molecule has 0 radical (unpaired) electrons. The topological polar surface area (TPSA) is 42.9 Å². The van der Waals surface area contributed by atoms with Crippen molar-refractivity contribution in [2.24, 2.45) is 4.99 Å². The van der Waals surface area contributed by atoms with Gasteiger partial charge in [-0.15, -0.1) is 0 Å². The standard InChI is InChI=1S/C19H32FN5/c1-3-21-19(23-16-17-7-4-8-18(20)15-17)22-9-5-11-25-12-6-10-24(2)13-14-25/h4,7-8,15H,3,5-6,9-14,16H2,1-2H3,(H2,21,22,23). The van der Waals surface area contributed by atoms with E-state index >= 15 is 0 Å². The summed E-state index contributed by atoms with van der Waals surface area (Å²) in [4.78, 5) is 9.49. The fourth-order valence-electron chi connectivity index (χ4n) is 2.98. The van der Waals surface area contributed by atoms with Crippen molar-refractivity contribution in [3.05, 3.63) is 35.6 Å². The van der Waals surface area contributed by atoms with E-state index in [1.807, 2.05) is 13.0 Å². The number of nitrogens with zero attached hydrogens (tertiary/aromatic N) is 3. The first-order chi connectivity index (χ1) is 12.2. The predicted molar refractivity (Wildman–Crippen MR) is 102 cm³/mol. The van der Waals surface area contributed by atoms with Crippen LogP contribution in [-0.4, -0.2) is 68.6 Å². The van der Waals surface area contributed by atoms with Gasteiger partial charge in [0.05, 0.1) is 6.54 Å². The predicted octanol–water partition coefficient (Wildman–Crippen LogP) is 1.91. The molecule has 1 aromatic carbocycles. The average molecular weight is 349 g/mol. The molecule has 0 bridgehead atoms. The highest BCUT2D eigenvalue weighted by molar-refractivity contribution is 5.79. The number of rotatable bonds is 7. The Morgan fingerprint density at radius 2 is 2.08 bits per heavy atom. The number of halogens is 1. The van der Waals surface area contributed by atoms with Crippen LogP contribution >= 0.6 is 0 Å². The Hall–Kier alpha value is -1.66. The summed E-state index contributed by atoms with van der Waals surface area (Å²) in [6.45, 7) is 10.1. The number of likely N-dealkylation sites (N-methyl/N-ethyl adjacent to an activating group) is 1. The van der Waals surface area contributed by atoms with Crippen molar-refractivity contribution in [1.82, 2.24) is 20.4 Å². The molecule has 1 fully saturated rings. The fourth-order valence-corrected chi connectivity index (χ4v) is 2.98. The van der Waals surface area contributed by atoms with E-state index in [0.29, 0.717) is 6.54 Å². The molecule has 1 aromatic rings. The van der Waals surface area contributed by atoms with Crippen molar-refractivity contribution < 1.29 is 4.39 Å². The fraction of sp³-hybridized carbons (Fsp3) is 0.632. The lowest BCUT2D eigenvalue weighted by Crippen LogP contribution is -2.39. The molecule has 0 saturated carbocycles. The number of guanidine groups is 1. The molecule has 1 heterocycles. The highest BCUT2D eigenvalue weighted by Crippen LogP contribution is 2.05. The average Bonchev–Trinajstić information content (AvgIpc) is 2.81. The summed E-state index contributed by atoms with van der Waals surface area (Å²) >= 11 is 0. The Morgan fingerprint density at radius 3 is 2.88 bits per heavy atom. The van der Waals surface area contributed by atoms with E-state index in [1.165, 1.54) is 31.6 Å². The number of nitrogens with one attached hydrogen (secondary N) is 2. The monoisotopic (exact) mass is 349 g/mol. The molecule has 0 spiro atoms. The van der Waals surface area contributed by atoms with Crippen LogP contribution in [0.15, 0.2) is 29.3 Å². The first-order valence-electron chi connectivity index (χ1n) is 9.35. The van der Waals surface area contributed by atoms with Crippen LogP contribution in [0.5, 0.6) is 0 Å². The molecule has 0 aromatic heterocycles. The van der Waals surface area contributed by atoms with Gasteiger partial charge in [-0.2, -0.15) is 0 Å². The number of aliphatic imine (C=N–C) groups is 1. The van der Waals surface area contributed by atoms with E-state index in [4.69, 9.17) is 0 Å². The normalized spacial score (nSPS) is 17.3. The van der Waals surface area contributed by atoms with Crippen LogP contribution in [0.25, 0.3) is 0 Å². The minimum absolute atomic E-state index is 0.214. The van der Waals surface area contributed by atoms with Gasteiger partial charge in [0.2, 0.25) is 0 Å². The maximum atomic E-state index is 13.2.